The first kappa shape index (κ1) is 53.9. The summed E-state index contributed by atoms with van der Waals surface area (Å²) in [7, 11) is 0. The van der Waals surface area contributed by atoms with E-state index >= 15 is 0 Å². The number of amides is 2. The van der Waals surface area contributed by atoms with Crippen molar-refractivity contribution >= 4 is 58.6 Å². The van der Waals surface area contributed by atoms with Crippen LogP contribution in [0, 0.1) is 0 Å². The van der Waals surface area contributed by atoms with Gasteiger partial charge in [0.2, 0.25) is 0 Å². The van der Waals surface area contributed by atoms with Gasteiger partial charge < -0.3 is 44.2 Å². The molecule has 2 amide bonds. The van der Waals surface area contributed by atoms with Crippen LogP contribution in [0.2, 0.25) is 0 Å². The van der Waals surface area contributed by atoms with Crippen molar-refractivity contribution in [1.29, 1.82) is 0 Å². The predicted molar refractivity (Wildman–Crippen MR) is 208 cm³/mol. The van der Waals surface area contributed by atoms with Crippen molar-refractivity contribution in [3.63, 3.8) is 0 Å². The molecule has 4 atom stereocenters. The third-order valence-corrected chi connectivity index (χ3v) is 5.45. The first-order chi connectivity index (χ1) is 24.1. The number of hydrogen-bond acceptors (Lipinski definition) is 11. The minimum absolute atomic E-state index is 0. The Morgan fingerprint density at radius 3 is 1.40 bits per heavy atom. The summed E-state index contributed by atoms with van der Waals surface area (Å²) in [5.74, 6) is 0. The number of hydrogen-bond donors (Lipinski definition) is 3. The summed E-state index contributed by atoms with van der Waals surface area (Å²) in [5, 5.41) is 14.9. The fraction of sp³-hybridized carbons (Fsp3) is 0.568. The Bertz CT molecular complexity index is 1260. The molecular formula is C37H59Cl3N2O11. The van der Waals surface area contributed by atoms with Gasteiger partial charge in [-0.25, -0.2) is 19.2 Å². The van der Waals surface area contributed by atoms with Gasteiger partial charge >= 0.3 is 23.8 Å². The maximum absolute atomic E-state index is 11.7. The summed E-state index contributed by atoms with van der Waals surface area (Å²) in [6.07, 6.45) is -3.46. The number of aliphatic hydroxyl groups excluding tert-OH is 1. The molecule has 0 aliphatic heterocycles. The Labute approximate surface area is 330 Å². The first-order valence-corrected chi connectivity index (χ1v) is 17.7. The SMILES string of the molecule is C.CC(C)(C)OC(=O)NCC(O)c1ccccc1.CC(Cl)OC(=O)Cl.CC(Cl)OC(=O)OC(CNC(=O)OC(C)(C)C)c1ccccc1.CCOCC. The minimum Gasteiger partial charge on any atom is -0.444 e. The lowest BCUT2D eigenvalue weighted by atomic mass is 10.1. The number of carbonyl (C=O) groups excluding carboxylic acids is 4. The topological polar surface area (TPSA) is 168 Å². The van der Waals surface area contributed by atoms with Gasteiger partial charge in [-0.2, -0.15) is 0 Å². The Balaban J connectivity index is -0.000000726. The van der Waals surface area contributed by atoms with Crippen LogP contribution in [-0.2, 0) is 28.4 Å². The molecule has 0 bridgehead atoms. The molecule has 0 saturated carbocycles. The van der Waals surface area contributed by atoms with E-state index in [9.17, 15) is 24.3 Å². The van der Waals surface area contributed by atoms with Crippen molar-refractivity contribution in [3.8, 4) is 0 Å². The summed E-state index contributed by atoms with van der Waals surface area (Å²) >= 11 is 15.5. The molecule has 304 valence electrons. The Kier molecular flexibility index (Phi) is 30.4. The smallest absolute Gasteiger partial charge is 0.444 e. The average molecular weight is 814 g/mol. The van der Waals surface area contributed by atoms with Crippen LogP contribution in [0.5, 0.6) is 0 Å². The van der Waals surface area contributed by atoms with Crippen LogP contribution in [-0.4, -0.2) is 77.5 Å². The number of rotatable bonds is 11. The van der Waals surface area contributed by atoms with Crippen molar-refractivity contribution < 1.29 is 52.7 Å². The number of alkyl halides is 2. The Hall–Kier alpha value is -3.49. The summed E-state index contributed by atoms with van der Waals surface area (Å²) in [6.45, 7) is 19.5. The average Bonchev–Trinajstić information content (AvgIpc) is 3.01. The molecule has 3 N–H and O–H groups in total. The van der Waals surface area contributed by atoms with Gasteiger partial charge in [-0.05, 0) is 80.4 Å². The number of nitrogens with one attached hydrogen (secondary N) is 2. The number of aliphatic hydroxyl groups is 1. The monoisotopic (exact) mass is 812 g/mol. The molecule has 0 aliphatic carbocycles. The third kappa shape index (κ3) is 35.3. The molecule has 0 fully saturated rings. The summed E-state index contributed by atoms with van der Waals surface area (Å²) in [6, 6.07) is 18.2. The van der Waals surface area contributed by atoms with Gasteiger partial charge in [-0.1, -0.05) is 91.3 Å². The zero-order chi connectivity index (χ0) is 40.3. The summed E-state index contributed by atoms with van der Waals surface area (Å²) in [5.41, 5.74) is -1.97. The molecule has 4 unspecified atom stereocenters. The van der Waals surface area contributed by atoms with E-state index in [1.807, 2.05) is 38.1 Å². The largest absolute Gasteiger partial charge is 0.510 e. The van der Waals surface area contributed by atoms with Crippen molar-refractivity contribution in [2.45, 2.75) is 111 Å². The highest BCUT2D eigenvalue weighted by molar-refractivity contribution is 6.61. The second kappa shape index (κ2) is 29.9. The number of benzene rings is 2. The molecule has 53 heavy (non-hydrogen) atoms. The molecule has 2 rings (SSSR count). The van der Waals surface area contributed by atoms with Gasteiger partial charge in [-0.15, -0.1) is 0 Å². The van der Waals surface area contributed by atoms with Crippen molar-refractivity contribution in [2.24, 2.45) is 0 Å². The van der Waals surface area contributed by atoms with Gasteiger partial charge in [-0.3, -0.25) is 0 Å². The quantitative estimate of drug-likeness (QED) is 0.0855. The van der Waals surface area contributed by atoms with Gasteiger partial charge in [0, 0.05) is 24.8 Å². The van der Waals surface area contributed by atoms with E-state index in [1.54, 1.807) is 77.9 Å². The normalized spacial score (nSPS) is 12.6. The van der Waals surface area contributed by atoms with Crippen LogP contribution in [0.3, 0.4) is 0 Å². The van der Waals surface area contributed by atoms with Gasteiger partial charge in [0.25, 0.3) is 0 Å². The standard InChI is InChI=1S/C16H22ClNO5.C13H19NO3.C4H10O.C3H4Cl2O2.CH4/c1-11(17)21-15(20)22-13(12-8-6-5-7-9-12)10-18-14(19)23-16(2,3)4;1-13(2,3)17-12(16)14-9-11(15)10-7-5-4-6-8-10;1-3-5-4-2;1-2(4)7-3(5)6;/h5-9,11,13H,10H2,1-4H3,(H,18,19);4-8,11,15H,9H2,1-3H3,(H,14,16);3-4H2,1-2H3;2H,1H3;1H4. The number of alkyl carbamates (subject to hydrolysis) is 2. The molecule has 2 aromatic carbocycles. The fourth-order valence-electron chi connectivity index (χ4n) is 3.28. The summed E-state index contributed by atoms with van der Waals surface area (Å²) < 4.78 is 29.2. The fourth-order valence-corrected chi connectivity index (χ4v) is 3.61. The van der Waals surface area contributed by atoms with E-state index in [-0.39, 0.29) is 20.5 Å². The molecule has 0 radical (unpaired) electrons. The van der Waals surface area contributed by atoms with Crippen LogP contribution < -0.4 is 10.6 Å². The zero-order valence-electron chi connectivity index (χ0n) is 31.6. The Morgan fingerprint density at radius 2 is 1.08 bits per heavy atom. The lowest BCUT2D eigenvalue weighted by Gasteiger charge is -2.22. The molecule has 0 aromatic heterocycles. The van der Waals surface area contributed by atoms with Crippen LogP contribution >= 0.6 is 34.8 Å². The number of halogens is 3. The van der Waals surface area contributed by atoms with E-state index < -0.39 is 58.3 Å². The van der Waals surface area contributed by atoms with Crippen LogP contribution in [0.25, 0.3) is 0 Å². The van der Waals surface area contributed by atoms with Crippen LogP contribution in [0.15, 0.2) is 60.7 Å². The van der Waals surface area contributed by atoms with Gasteiger partial charge in [0.15, 0.2) is 11.1 Å². The third-order valence-electron chi connectivity index (χ3n) is 5.19. The second-order valence-electron chi connectivity index (χ2n) is 12.3. The first-order valence-electron chi connectivity index (χ1n) is 16.4. The number of carbonyl (C=O) groups is 4. The molecule has 16 heteroatoms. The van der Waals surface area contributed by atoms with Gasteiger partial charge in [0.05, 0.1) is 19.2 Å². The highest BCUT2D eigenvalue weighted by Crippen LogP contribution is 2.18. The van der Waals surface area contributed by atoms with Crippen molar-refractivity contribution in [1.82, 2.24) is 10.6 Å². The molecule has 0 spiro atoms. The minimum atomic E-state index is -0.910. The van der Waals surface area contributed by atoms with Crippen molar-refractivity contribution in [2.75, 3.05) is 26.3 Å². The predicted octanol–water partition coefficient (Wildman–Crippen LogP) is 9.86. The second-order valence-corrected chi connectivity index (χ2v) is 13.8. The van der Waals surface area contributed by atoms with Crippen molar-refractivity contribution in [3.05, 3.63) is 71.8 Å². The molecule has 0 aliphatic rings. The Morgan fingerprint density at radius 1 is 0.679 bits per heavy atom. The van der Waals surface area contributed by atoms with Crippen LogP contribution in [0.1, 0.15) is 100.0 Å². The maximum Gasteiger partial charge on any atom is 0.510 e. The van der Waals surface area contributed by atoms with E-state index in [0.717, 1.165) is 18.8 Å². The highest BCUT2D eigenvalue weighted by Gasteiger charge is 2.22. The van der Waals surface area contributed by atoms with E-state index in [2.05, 4.69) is 15.4 Å². The van der Waals surface area contributed by atoms with Gasteiger partial charge in [0.1, 0.15) is 17.3 Å². The zero-order valence-corrected chi connectivity index (χ0v) is 33.8. The van der Waals surface area contributed by atoms with Crippen LogP contribution in [0.4, 0.5) is 19.2 Å². The molecule has 0 heterocycles. The highest BCUT2D eigenvalue weighted by atomic mass is 35.5. The molecule has 13 nitrogen and oxygen atoms in total. The lowest BCUT2D eigenvalue weighted by molar-refractivity contribution is 0.0142. The summed E-state index contributed by atoms with van der Waals surface area (Å²) in [4.78, 5) is 44.4. The lowest BCUT2D eigenvalue weighted by Crippen LogP contribution is -2.35. The maximum atomic E-state index is 11.7. The van der Waals surface area contributed by atoms with E-state index in [0.29, 0.717) is 5.56 Å². The molecular weight excluding hydrogens is 755 g/mol. The molecule has 2 aromatic rings. The van der Waals surface area contributed by atoms with E-state index in [4.69, 9.17) is 58.5 Å². The van der Waals surface area contributed by atoms with E-state index in [1.165, 1.54) is 13.8 Å². The number of ether oxygens (including phenoxy) is 6. The molecule has 0 saturated heterocycles.